The molecule has 1 amide bonds. The van der Waals surface area contributed by atoms with E-state index in [9.17, 15) is 4.79 Å². The third-order valence-corrected chi connectivity index (χ3v) is 4.29. The van der Waals surface area contributed by atoms with E-state index in [4.69, 9.17) is 25.8 Å². The van der Waals surface area contributed by atoms with Crippen LogP contribution in [0.2, 0.25) is 5.02 Å². The number of hydrogen-bond acceptors (Lipinski definition) is 4. The fraction of sp³-hybridized carbons (Fsp3) is 0.381. The first-order valence-electron chi connectivity index (χ1n) is 8.98. The fourth-order valence-corrected chi connectivity index (χ4v) is 2.72. The van der Waals surface area contributed by atoms with Gasteiger partial charge in [0.25, 0.3) is 0 Å². The van der Waals surface area contributed by atoms with Gasteiger partial charge in [-0.05, 0) is 61.2 Å². The Balaban J connectivity index is 1.58. The predicted molar refractivity (Wildman–Crippen MR) is 107 cm³/mol. The van der Waals surface area contributed by atoms with Crippen molar-refractivity contribution in [3.63, 3.8) is 0 Å². The first-order chi connectivity index (χ1) is 13.1. The Hall–Kier alpha value is -2.40. The number of benzene rings is 2. The maximum Gasteiger partial charge on any atom is 0.220 e. The molecule has 0 radical (unpaired) electrons. The van der Waals surface area contributed by atoms with Crippen molar-refractivity contribution < 1.29 is 19.0 Å². The van der Waals surface area contributed by atoms with Crippen LogP contribution in [0.5, 0.6) is 17.2 Å². The number of carbonyl (C=O) groups excluding carboxylic acids is 1. The molecule has 2 rings (SSSR count). The molecule has 6 heteroatoms. The number of aryl methyl sites for hydroxylation is 1. The van der Waals surface area contributed by atoms with Crippen molar-refractivity contribution in [2.75, 3.05) is 27.4 Å². The number of amides is 1. The summed E-state index contributed by atoms with van der Waals surface area (Å²) in [4.78, 5) is 11.9. The molecule has 27 heavy (non-hydrogen) atoms. The van der Waals surface area contributed by atoms with Crippen LogP contribution in [-0.2, 0) is 11.2 Å². The van der Waals surface area contributed by atoms with Gasteiger partial charge in [0.15, 0.2) is 11.5 Å². The highest BCUT2D eigenvalue weighted by Crippen LogP contribution is 2.27. The number of ether oxygens (including phenoxy) is 3. The topological polar surface area (TPSA) is 56.8 Å². The summed E-state index contributed by atoms with van der Waals surface area (Å²) in [5.74, 6) is 2.24. The highest BCUT2D eigenvalue weighted by Gasteiger charge is 2.05. The molecule has 0 spiro atoms. The summed E-state index contributed by atoms with van der Waals surface area (Å²) >= 11 is 5.82. The Morgan fingerprint density at radius 2 is 1.74 bits per heavy atom. The van der Waals surface area contributed by atoms with Gasteiger partial charge in [-0.3, -0.25) is 4.79 Å². The number of carbonyl (C=O) groups is 1. The van der Waals surface area contributed by atoms with Crippen LogP contribution in [0.3, 0.4) is 0 Å². The Labute approximate surface area is 165 Å². The number of halogens is 1. The van der Waals surface area contributed by atoms with Gasteiger partial charge >= 0.3 is 0 Å². The molecule has 0 saturated heterocycles. The third kappa shape index (κ3) is 7.39. The van der Waals surface area contributed by atoms with E-state index >= 15 is 0 Å². The zero-order valence-corrected chi connectivity index (χ0v) is 16.6. The Morgan fingerprint density at radius 3 is 2.44 bits per heavy atom. The van der Waals surface area contributed by atoms with Crippen molar-refractivity contribution in [1.29, 1.82) is 0 Å². The second-order valence-electron chi connectivity index (χ2n) is 6.05. The van der Waals surface area contributed by atoms with Gasteiger partial charge in [-0.2, -0.15) is 0 Å². The smallest absolute Gasteiger partial charge is 0.220 e. The van der Waals surface area contributed by atoms with Gasteiger partial charge in [-0.25, -0.2) is 0 Å². The predicted octanol–water partition coefficient (Wildman–Crippen LogP) is 4.27. The van der Waals surface area contributed by atoms with Crippen molar-refractivity contribution in [2.45, 2.75) is 25.7 Å². The zero-order valence-electron chi connectivity index (χ0n) is 15.8. The number of methoxy groups -OCH3 is 2. The average molecular weight is 392 g/mol. The highest BCUT2D eigenvalue weighted by molar-refractivity contribution is 6.30. The van der Waals surface area contributed by atoms with Crippen LogP contribution >= 0.6 is 11.6 Å². The molecule has 146 valence electrons. The molecular formula is C21H26ClNO4. The van der Waals surface area contributed by atoms with Gasteiger partial charge < -0.3 is 19.5 Å². The summed E-state index contributed by atoms with van der Waals surface area (Å²) < 4.78 is 16.1. The van der Waals surface area contributed by atoms with E-state index in [1.54, 1.807) is 26.4 Å². The monoisotopic (exact) mass is 391 g/mol. The molecule has 0 atom stereocenters. The van der Waals surface area contributed by atoms with Gasteiger partial charge in [0, 0.05) is 18.0 Å². The number of nitrogens with one attached hydrogen (secondary N) is 1. The first kappa shape index (κ1) is 20.9. The van der Waals surface area contributed by atoms with E-state index in [0.29, 0.717) is 31.0 Å². The molecule has 0 bridgehead atoms. The summed E-state index contributed by atoms with van der Waals surface area (Å²) in [6.07, 6.45) is 2.84. The molecule has 2 aromatic rings. The standard InChI is InChI=1S/C21H26ClNO4/c1-25-19-12-7-16(15-20(19)26-2)5-3-13-23-21(24)6-4-14-27-18-10-8-17(22)9-11-18/h7-12,15H,3-6,13-14H2,1-2H3,(H,23,24). The van der Waals surface area contributed by atoms with Gasteiger partial charge in [0.2, 0.25) is 5.91 Å². The fourth-order valence-electron chi connectivity index (χ4n) is 2.60. The van der Waals surface area contributed by atoms with Crippen molar-refractivity contribution in [3.8, 4) is 17.2 Å². The minimum Gasteiger partial charge on any atom is -0.494 e. The van der Waals surface area contributed by atoms with Crippen LogP contribution < -0.4 is 19.5 Å². The van der Waals surface area contributed by atoms with Crippen LogP contribution in [0.1, 0.15) is 24.8 Å². The minimum absolute atomic E-state index is 0.0435. The largest absolute Gasteiger partial charge is 0.494 e. The molecule has 5 nitrogen and oxygen atoms in total. The van der Waals surface area contributed by atoms with E-state index in [0.717, 1.165) is 35.7 Å². The molecule has 2 aromatic carbocycles. The Kier molecular flexibility index (Phi) is 8.78. The van der Waals surface area contributed by atoms with Crippen LogP contribution in [0.25, 0.3) is 0 Å². The Morgan fingerprint density at radius 1 is 1.00 bits per heavy atom. The molecule has 0 saturated carbocycles. The zero-order chi connectivity index (χ0) is 19.5. The van der Waals surface area contributed by atoms with Crippen LogP contribution in [0.4, 0.5) is 0 Å². The molecule has 0 fully saturated rings. The van der Waals surface area contributed by atoms with Gasteiger partial charge in [0.05, 0.1) is 20.8 Å². The lowest BCUT2D eigenvalue weighted by Crippen LogP contribution is -2.24. The molecule has 0 aliphatic heterocycles. The second-order valence-corrected chi connectivity index (χ2v) is 6.49. The number of hydrogen-bond donors (Lipinski definition) is 1. The van der Waals surface area contributed by atoms with Crippen molar-refractivity contribution in [3.05, 3.63) is 53.1 Å². The van der Waals surface area contributed by atoms with Crippen molar-refractivity contribution >= 4 is 17.5 Å². The summed E-state index contributed by atoms with van der Waals surface area (Å²) in [7, 11) is 3.24. The van der Waals surface area contributed by atoms with Crippen LogP contribution in [-0.4, -0.2) is 33.3 Å². The lowest BCUT2D eigenvalue weighted by molar-refractivity contribution is -0.121. The van der Waals surface area contributed by atoms with E-state index in [1.807, 2.05) is 30.3 Å². The normalized spacial score (nSPS) is 10.3. The van der Waals surface area contributed by atoms with Gasteiger partial charge in [0.1, 0.15) is 5.75 Å². The van der Waals surface area contributed by atoms with Gasteiger partial charge in [-0.1, -0.05) is 17.7 Å². The molecule has 1 N–H and O–H groups in total. The molecule has 0 unspecified atom stereocenters. The molecule has 0 heterocycles. The van der Waals surface area contributed by atoms with Crippen LogP contribution in [0.15, 0.2) is 42.5 Å². The lowest BCUT2D eigenvalue weighted by atomic mass is 10.1. The van der Waals surface area contributed by atoms with Crippen molar-refractivity contribution in [1.82, 2.24) is 5.32 Å². The summed E-state index contributed by atoms with van der Waals surface area (Å²) in [6.45, 7) is 1.14. The van der Waals surface area contributed by atoms with E-state index in [-0.39, 0.29) is 5.91 Å². The van der Waals surface area contributed by atoms with E-state index in [2.05, 4.69) is 5.32 Å². The van der Waals surface area contributed by atoms with E-state index < -0.39 is 0 Å². The van der Waals surface area contributed by atoms with Crippen molar-refractivity contribution in [2.24, 2.45) is 0 Å². The SMILES string of the molecule is COc1ccc(CCCNC(=O)CCCOc2ccc(Cl)cc2)cc1OC. The summed E-state index contributed by atoms with van der Waals surface area (Å²) in [6, 6.07) is 13.1. The molecule has 0 aliphatic carbocycles. The lowest BCUT2D eigenvalue weighted by Gasteiger charge is -2.10. The quantitative estimate of drug-likeness (QED) is 0.581. The maximum absolute atomic E-state index is 11.9. The molecular weight excluding hydrogens is 366 g/mol. The summed E-state index contributed by atoms with van der Waals surface area (Å²) in [5, 5.41) is 3.62. The van der Waals surface area contributed by atoms with Gasteiger partial charge in [-0.15, -0.1) is 0 Å². The van der Waals surface area contributed by atoms with E-state index in [1.165, 1.54) is 0 Å². The third-order valence-electron chi connectivity index (χ3n) is 4.04. The highest BCUT2D eigenvalue weighted by atomic mass is 35.5. The molecule has 0 aromatic heterocycles. The number of rotatable bonds is 11. The average Bonchev–Trinajstić information content (AvgIpc) is 2.69. The summed E-state index contributed by atoms with van der Waals surface area (Å²) in [5.41, 5.74) is 1.15. The Bertz CT molecular complexity index is 719. The first-order valence-corrected chi connectivity index (χ1v) is 9.36. The second kappa shape index (κ2) is 11.3. The van der Waals surface area contributed by atoms with Crippen LogP contribution in [0, 0.1) is 0 Å². The molecule has 0 aliphatic rings. The minimum atomic E-state index is 0.0435. The maximum atomic E-state index is 11.9.